The monoisotopic (exact) mass is 349 g/mol. The Balaban J connectivity index is 1.86. The van der Waals surface area contributed by atoms with Crippen molar-refractivity contribution in [2.24, 2.45) is 4.99 Å². The summed E-state index contributed by atoms with van der Waals surface area (Å²) in [6.45, 7) is 0. The molecule has 120 valence electrons. The minimum absolute atomic E-state index is 0.0336. The molecule has 5 heteroatoms. The molecule has 2 aliphatic heterocycles. The molecule has 1 aromatic rings. The molecule has 2 unspecified atom stereocenters. The van der Waals surface area contributed by atoms with Gasteiger partial charge in [-0.3, -0.25) is 9.79 Å². The lowest BCUT2D eigenvalue weighted by Gasteiger charge is -2.38. The van der Waals surface area contributed by atoms with Crippen LogP contribution in [0.1, 0.15) is 43.6 Å². The summed E-state index contributed by atoms with van der Waals surface area (Å²) in [6, 6.07) is 4.87. The van der Waals surface area contributed by atoms with Gasteiger partial charge < -0.3 is 0 Å². The fourth-order valence-corrected chi connectivity index (χ4v) is 5.40. The number of allylic oxidation sites excluding steroid dienone is 2. The van der Waals surface area contributed by atoms with Gasteiger partial charge in [-0.1, -0.05) is 17.7 Å². The van der Waals surface area contributed by atoms with Crippen molar-refractivity contribution >= 4 is 34.9 Å². The van der Waals surface area contributed by atoms with E-state index in [2.05, 4.69) is 0 Å². The molecule has 2 nitrogen and oxygen atoms in total. The van der Waals surface area contributed by atoms with Crippen molar-refractivity contribution in [2.75, 3.05) is 5.75 Å². The van der Waals surface area contributed by atoms with E-state index in [9.17, 15) is 9.18 Å². The van der Waals surface area contributed by atoms with Crippen LogP contribution in [0.4, 0.5) is 4.39 Å². The summed E-state index contributed by atoms with van der Waals surface area (Å²) in [5.41, 5.74) is 3.94. The van der Waals surface area contributed by atoms with E-state index in [1.807, 2.05) is 11.8 Å². The number of halogens is 2. The summed E-state index contributed by atoms with van der Waals surface area (Å²) < 4.78 is 13.6. The van der Waals surface area contributed by atoms with Gasteiger partial charge >= 0.3 is 0 Å². The number of thioether (sulfide) groups is 1. The first-order valence-electron chi connectivity index (χ1n) is 8.05. The molecule has 1 aliphatic carbocycles. The van der Waals surface area contributed by atoms with Gasteiger partial charge in [-0.05, 0) is 49.1 Å². The van der Waals surface area contributed by atoms with Gasteiger partial charge in [0.2, 0.25) is 0 Å². The SMILES string of the molecule is O=C1CCCC2=C1C(c1ccc(F)c(Cl)c1)C1SCCCC1=N2. The molecule has 0 radical (unpaired) electrons. The predicted octanol–water partition coefficient (Wildman–Crippen LogP) is 4.92. The molecular formula is C18H17ClFNOS. The Morgan fingerprint density at radius 1 is 1.22 bits per heavy atom. The summed E-state index contributed by atoms with van der Waals surface area (Å²) >= 11 is 7.87. The van der Waals surface area contributed by atoms with E-state index in [1.165, 1.54) is 11.8 Å². The maximum absolute atomic E-state index is 13.6. The van der Waals surface area contributed by atoms with Crippen molar-refractivity contribution in [1.82, 2.24) is 0 Å². The van der Waals surface area contributed by atoms with Crippen LogP contribution in [0.2, 0.25) is 5.02 Å². The Morgan fingerprint density at radius 2 is 2.09 bits per heavy atom. The number of rotatable bonds is 1. The molecule has 2 atom stereocenters. The average Bonchev–Trinajstić information content (AvgIpc) is 2.56. The molecule has 3 aliphatic rings. The zero-order valence-electron chi connectivity index (χ0n) is 12.6. The summed E-state index contributed by atoms with van der Waals surface area (Å²) in [4.78, 5) is 17.4. The van der Waals surface area contributed by atoms with Crippen LogP contribution >= 0.6 is 23.4 Å². The lowest BCUT2D eigenvalue weighted by Crippen LogP contribution is -2.36. The van der Waals surface area contributed by atoms with Crippen LogP contribution in [0.5, 0.6) is 0 Å². The number of carbonyl (C=O) groups excluding carboxylic acids is 1. The molecule has 23 heavy (non-hydrogen) atoms. The maximum atomic E-state index is 13.6. The fraction of sp³-hybridized carbons (Fsp3) is 0.444. The molecule has 1 fully saturated rings. The number of hydrogen-bond donors (Lipinski definition) is 0. The van der Waals surface area contributed by atoms with E-state index in [0.29, 0.717) is 6.42 Å². The maximum Gasteiger partial charge on any atom is 0.161 e. The molecule has 2 heterocycles. The largest absolute Gasteiger partial charge is 0.294 e. The highest BCUT2D eigenvalue weighted by Gasteiger charge is 2.41. The van der Waals surface area contributed by atoms with Gasteiger partial charge in [0, 0.05) is 29.3 Å². The van der Waals surface area contributed by atoms with Gasteiger partial charge in [0.1, 0.15) is 5.82 Å². The van der Waals surface area contributed by atoms with E-state index >= 15 is 0 Å². The lowest BCUT2D eigenvalue weighted by molar-refractivity contribution is -0.116. The van der Waals surface area contributed by atoms with Gasteiger partial charge in [0.15, 0.2) is 5.78 Å². The molecule has 0 spiro atoms. The van der Waals surface area contributed by atoms with Crippen molar-refractivity contribution in [3.05, 3.63) is 45.9 Å². The van der Waals surface area contributed by atoms with Crippen LogP contribution in [0, 0.1) is 5.82 Å². The standard InChI is InChI=1S/C18H17ClFNOS/c19-11-9-10(6-7-12(11)20)16-17-13(3-1-5-15(17)22)21-14-4-2-8-23-18(14)16/h6-7,9,16,18H,1-5,8H2. The number of ketones is 1. The quantitative estimate of drug-likeness (QED) is 0.720. The smallest absolute Gasteiger partial charge is 0.161 e. The van der Waals surface area contributed by atoms with Gasteiger partial charge in [-0.15, -0.1) is 0 Å². The number of nitrogens with zero attached hydrogens (tertiary/aromatic N) is 1. The van der Waals surface area contributed by atoms with Gasteiger partial charge in [0.05, 0.1) is 10.3 Å². The van der Waals surface area contributed by atoms with Crippen molar-refractivity contribution < 1.29 is 9.18 Å². The fourth-order valence-electron chi connectivity index (χ4n) is 3.80. The second-order valence-corrected chi connectivity index (χ2v) is 7.94. The average molecular weight is 350 g/mol. The molecule has 4 rings (SSSR count). The molecule has 0 N–H and O–H groups in total. The highest BCUT2D eigenvalue weighted by molar-refractivity contribution is 8.00. The molecule has 0 amide bonds. The normalized spacial score (nSPS) is 27.4. The molecule has 0 aromatic heterocycles. The summed E-state index contributed by atoms with van der Waals surface area (Å²) in [5.74, 6) is 0.825. The summed E-state index contributed by atoms with van der Waals surface area (Å²) in [7, 11) is 0. The predicted molar refractivity (Wildman–Crippen MR) is 93.0 cm³/mol. The van der Waals surface area contributed by atoms with E-state index in [0.717, 1.165) is 48.3 Å². The third-order valence-corrected chi connectivity index (χ3v) is 6.54. The van der Waals surface area contributed by atoms with Gasteiger partial charge in [0.25, 0.3) is 0 Å². The Morgan fingerprint density at radius 3 is 2.91 bits per heavy atom. The highest BCUT2D eigenvalue weighted by atomic mass is 35.5. The molecule has 1 saturated heterocycles. The first kappa shape index (κ1) is 15.4. The Bertz CT molecular complexity index is 743. The second kappa shape index (κ2) is 6.06. The molecule has 1 aromatic carbocycles. The number of fused-ring (bicyclic) bond motifs is 1. The third-order valence-electron chi connectivity index (χ3n) is 4.83. The van der Waals surface area contributed by atoms with Gasteiger partial charge in [-0.25, -0.2) is 4.39 Å². The number of carbonyl (C=O) groups is 1. The van der Waals surface area contributed by atoms with Crippen LogP contribution in [-0.4, -0.2) is 22.5 Å². The van der Waals surface area contributed by atoms with E-state index < -0.39 is 5.82 Å². The van der Waals surface area contributed by atoms with Crippen LogP contribution < -0.4 is 0 Å². The minimum Gasteiger partial charge on any atom is -0.294 e. The van der Waals surface area contributed by atoms with Crippen molar-refractivity contribution in [2.45, 2.75) is 43.3 Å². The van der Waals surface area contributed by atoms with Crippen molar-refractivity contribution in [1.29, 1.82) is 0 Å². The van der Waals surface area contributed by atoms with E-state index in [1.54, 1.807) is 12.1 Å². The topological polar surface area (TPSA) is 29.4 Å². The van der Waals surface area contributed by atoms with E-state index in [-0.39, 0.29) is 22.0 Å². The first-order valence-corrected chi connectivity index (χ1v) is 9.48. The summed E-state index contributed by atoms with van der Waals surface area (Å²) in [5, 5.41) is 0.309. The zero-order valence-corrected chi connectivity index (χ0v) is 14.2. The third kappa shape index (κ3) is 2.66. The number of Topliss-reactive ketones (excluding diaryl/α,β-unsaturated/α-hetero) is 1. The molecule has 0 bridgehead atoms. The van der Waals surface area contributed by atoms with Crippen LogP contribution in [0.3, 0.4) is 0 Å². The zero-order chi connectivity index (χ0) is 16.0. The Labute approximate surface area is 144 Å². The van der Waals surface area contributed by atoms with Crippen molar-refractivity contribution in [3.63, 3.8) is 0 Å². The van der Waals surface area contributed by atoms with E-state index in [4.69, 9.17) is 16.6 Å². The van der Waals surface area contributed by atoms with Crippen LogP contribution in [-0.2, 0) is 4.79 Å². The number of hydrogen-bond acceptors (Lipinski definition) is 3. The van der Waals surface area contributed by atoms with Crippen LogP contribution in [0.15, 0.2) is 34.5 Å². The minimum atomic E-state index is -0.416. The number of benzene rings is 1. The Kier molecular flexibility index (Phi) is 4.06. The second-order valence-electron chi connectivity index (χ2n) is 6.29. The molecular weight excluding hydrogens is 333 g/mol. The summed E-state index contributed by atoms with van der Waals surface area (Å²) in [6.07, 6.45) is 4.46. The first-order chi connectivity index (χ1) is 11.1. The van der Waals surface area contributed by atoms with Crippen LogP contribution in [0.25, 0.3) is 0 Å². The lowest BCUT2D eigenvalue weighted by atomic mass is 9.76. The van der Waals surface area contributed by atoms with Crippen molar-refractivity contribution in [3.8, 4) is 0 Å². The van der Waals surface area contributed by atoms with Gasteiger partial charge in [-0.2, -0.15) is 11.8 Å². The Hall–Kier alpha value is -1.13. The molecule has 0 saturated carbocycles. The highest BCUT2D eigenvalue weighted by Crippen LogP contribution is 2.47. The number of aliphatic imine (C=N–C) groups is 1.